The standard InChI is InChI=1S/C11H17NO2/c1-4-8(2)14-11-7-9(13-3)5-6-10(11)12/h5-8H,4,12H2,1-3H3. The van der Waals surface area contributed by atoms with Crippen molar-refractivity contribution < 1.29 is 9.47 Å². The predicted molar refractivity (Wildman–Crippen MR) is 57.8 cm³/mol. The van der Waals surface area contributed by atoms with Gasteiger partial charge in [0.25, 0.3) is 0 Å². The topological polar surface area (TPSA) is 44.5 Å². The van der Waals surface area contributed by atoms with Gasteiger partial charge in [0.15, 0.2) is 0 Å². The summed E-state index contributed by atoms with van der Waals surface area (Å²) in [6.45, 7) is 4.08. The summed E-state index contributed by atoms with van der Waals surface area (Å²) in [5.74, 6) is 1.45. The van der Waals surface area contributed by atoms with Crippen LogP contribution in [0.5, 0.6) is 11.5 Å². The van der Waals surface area contributed by atoms with Crippen molar-refractivity contribution >= 4 is 5.69 Å². The molecule has 0 fully saturated rings. The van der Waals surface area contributed by atoms with E-state index in [-0.39, 0.29) is 6.10 Å². The Morgan fingerprint density at radius 2 is 2.14 bits per heavy atom. The number of hydrogen-bond donors (Lipinski definition) is 1. The van der Waals surface area contributed by atoms with Crippen LogP contribution < -0.4 is 15.2 Å². The van der Waals surface area contributed by atoms with Crippen molar-refractivity contribution in [3.05, 3.63) is 18.2 Å². The highest BCUT2D eigenvalue weighted by Crippen LogP contribution is 2.27. The van der Waals surface area contributed by atoms with Gasteiger partial charge < -0.3 is 15.2 Å². The molecule has 0 heterocycles. The smallest absolute Gasteiger partial charge is 0.146 e. The van der Waals surface area contributed by atoms with E-state index in [0.29, 0.717) is 11.4 Å². The van der Waals surface area contributed by atoms with Gasteiger partial charge in [-0.2, -0.15) is 0 Å². The average Bonchev–Trinajstić information content (AvgIpc) is 2.21. The van der Waals surface area contributed by atoms with Crippen LogP contribution in [-0.4, -0.2) is 13.2 Å². The van der Waals surface area contributed by atoms with Crippen LogP contribution in [0, 0.1) is 0 Å². The van der Waals surface area contributed by atoms with Crippen molar-refractivity contribution in [2.24, 2.45) is 0 Å². The second-order valence-electron chi connectivity index (χ2n) is 3.24. The van der Waals surface area contributed by atoms with Gasteiger partial charge in [-0.15, -0.1) is 0 Å². The molecule has 2 N–H and O–H groups in total. The van der Waals surface area contributed by atoms with E-state index in [2.05, 4.69) is 6.92 Å². The van der Waals surface area contributed by atoms with Crippen LogP contribution in [0.15, 0.2) is 18.2 Å². The summed E-state index contributed by atoms with van der Waals surface area (Å²) >= 11 is 0. The third-order valence-electron chi connectivity index (χ3n) is 2.12. The van der Waals surface area contributed by atoms with Crippen molar-refractivity contribution in [3.63, 3.8) is 0 Å². The van der Waals surface area contributed by atoms with Gasteiger partial charge >= 0.3 is 0 Å². The quantitative estimate of drug-likeness (QED) is 0.750. The van der Waals surface area contributed by atoms with E-state index in [1.807, 2.05) is 19.1 Å². The summed E-state index contributed by atoms with van der Waals surface area (Å²) in [7, 11) is 1.62. The van der Waals surface area contributed by atoms with E-state index in [4.69, 9.17) is 15.2 Å². The average molecular weight is 195 g/mol. The minimum Gasteiger partial charge on any atom is -0.497 e. The van der Waals surface area contributed by atoms with Gasteiger partial charge in [-0.1, -0.05) is 6.92 Å². The fourth-order valence-electron chi connectivity index (χ4n) is 1.04. The molecular weight excluding hydrogens is 178 g/mol. The number of ether oxygens (including phenoxy) is 2. The Bertz CT molecular complexity index is 299. The lowest BCUT2D eigenvalue weighted by atomic mass is 10.2. The van der Waals surface area contributed by atoms with Crippen LogP contribution in [0.3, 0.4) is 0 Å². The van der Waals surface area contributed by atoms with Gasteiger partial charge in [-0.3, -0.25) is 0 Å². The maximum atomic E-state index is 5.77. The number of benzene rings is 1. The molecule has 0 aliphatic heterocycles. The zero-order valence-corrected chi connectivity index (χ0v) is 8.91. The number of anilines is 1. The number of hydrogen-bond acceptors (Lipinski definition) is 3. The van der Waals surface area contributed by atoms with E-state index in [1.54, 1.807) is 13.2 Å². The van der Waals surface area contributed by atoms with Gasteiger partial charge in [0.2, 0.25) is 0 Å². The van der Waals surface area contributed by atoms with Gasteiger partial charge in [0.05, 0.1) is 18.9 Å². The molecule has 0 amide bonds. The molecule has 0 aliphatic carbocycles. The molecule has 0 spiro atoms. The lowest BCUT2D eigenvalue weighted by molar-refractivity contribution is 0.218. The third-order valence-corrected chi connectivity index (χ3v) is 2.12. The lowest BCUT2D eigenvalue weighted by Crippen LogP contribution is -2.11. The number of nitrogens with two attached hydrogens (primary N) is 1. The summed E-state index contributed by atoms with van der Waals surface area (Å²) in [5.41, 5.74) is 6.41. The van der Waals surface area contributed by atoms with Crippen LogP contribution in [0.4, 0.5) is 5.69 Å². The Hall–Kier alpha value is -1.38. The van der Waals surface area contributed by atoms with Crippen LogP contribution in [0.1, 0.15) is 20.3 Å². The molecule has 0 saturated heterocycles. The van der Waals surface area contributed by atoms with Crippen molar-refractivity contribution in [3.8, 4) is 11.5 Å². The molecule has 1 aromatic rings. The Balaban J connectivity index is 2.83. The van der Waals surface area contributed by atoms with Crippen LogP contribution in [-0.2, 0) is 0 Å². The first kappa shape index (κ1) is 10.7. The summed E-state index contributed by atoms with van der Waals surface area (Å²) < 4.78 is 10.7. The first-order valence-corrected chi connectivity index (χ1v) is 4.77. The van der Waals surface area contributed by atoms with E-state index >= 15 is 0 Å². The zero-order valence-electron chi connectivity index (χ0n) is 8.91. The molecule has 1 aromatic carbocycles. The lowest BCUT2D eigenvalue weighted by Gasteiger charge is -2.15. The van der Waals surface area contributed by atoms with Crippen molar-refractivity contribution in [2.75, 3.05) is 12.8 Å². The summed E-state index contributed by atoms with van der Waals surface area (Å²) in [6, 6.07) is 5.41. The molecule has 0 saturated carbocycles. The maximum absolute atomic E-state index is 5.77. The molecule has 3 heteroatoms. The van der Waals surface area contributed by atoms with Crippen LogP contribution in [0.2, 0.25) is 0 Å². The summed E-state index contributed by atoms with van der Waals surface area (Å²) in [5, 5.41) is 0. The minimum atomic E-state index is 0.171. The van der Waals surface area contributed by atoms with Gasteiger partial charge in [-0.25, -0.2) is 0 Å². The number of nitrogen functional groups attached to an aromatic ring is 1. The molecule has 1 unspecified atom stereocenters. The SMILES string of the molecule is CCC(C)Oc1cc(OC)ccc1N. The minimum absolute atomic E-state index is 0.171. The first-order chi connectivity index (χ1) is 6.67. The Morgan fingerprint density at radius 3 is 2.71 bits per heavy atom. The van der Waals surface area contributed by atoms with Gasteiger partial charge in [-0.05, 0) is 25.5 Å². The van der Waals surface area contributed by atoms with Gasteiger partial charge in [0.1, 0.15) is 11.5 Å². The molecular formula is C11H17NO2. The third kappa shape index (κ3) is 2.55. The molecule has 14 heavy (non-hydrogen) atoms. The largest absolute Gasteiger partial charge is 0.497 e. The van der Waals surface area contributed by atoms with Crippen molar-refractivity contribution in [1.82, 2.24) is 0 Å². The fourth-order valence-corrected chi connectivity index (χ4v) is 1.04. The zero-order chi connectivity index (χ0) is 10.6. The molecule has 3 nitrogen and oxygen atoms in total. The maximum Gasteiger partial charge on any atom is 0.146 e. The molecule has 0 bridgehead atoms. The van der Waals surface area contributed by atoms with Gasteiger partial charge in [0, 0.05) is 6.07 Å². The monoisotopic (exact) mass is 195 g/mol. The first-order valence-electron chi connectivity index (χ1n) is 4.77. The summed E-state index contributed by atoms with van der Waals surface area (Å²) in [4.78, 5) is 0. The summed E-state index contributed by atoms with van der Waals surface area (Å²) in [6.07, 6.45) is 1.13. The Morgan fingerprint density at radius 1 is 1.43 bits per heavy atom. The second-order valence-corrected chi connectivity index (χ2v) is 3.24. The molecule has 0 aliphatic rings. The highest BCUT2D eigenvalue weighted by molar-refractivity contribution is 5.55. The fraction of sp³-hybridized carbons (Fsp3) is 0.455. The van der Waals surface area contributed by atoms with Crippen molar-refractivity contribution in [1.29, 1.82) is 0 Å². The molecule has 0 radical (unpaired) electrons. The Labute approximate surface area is 84.8 Å². The predicted octanol–water partition coefficient (Wildman–Crippen LogP) is 2.45. The second kappa shape index (κ2) is 4.74. The van der Waals surface area contributed by atoms with E-state index < -0.39 is 0 Å². The van der Waals surface area contributed by atoms with Crippen LogP contribution >= 0.6 is 0 Å². The van der Waals surface area contributed by atoms with E-state index in [9.17, 15) is 0 Å². The van der Waals surface area contributed by atoms with Crippen molar-refractivity contribution in [2.45, 2.75) is 26.4 Å². The number of methoxy groups -OCH3 is 1. The highest BCUT2D eigenvalue weighted by Gasteiger charge is 2.06. The van der Waals surface area contributed by atoms with E-state index in [0.717, 1.165) is 12.2 Å². The van der Waals surface area contributed by atoms with Crippen LogP contribution in [0.25, 0.3) is 0 Å². The molecule has 0 aromatic heterocycles. The molecule has 1 rings (SSSR count). The highest BCUT2D eigenvalue weighted by atomic mass is 16.5. The number of rotatable bonds is 4. The molecule has 1 atom stereocenters. The Kier molecular flexibility index (Phi) is 3.63. The van der Waals surface area contributed by atoms with E-state index in [1.165, 1.54) is 0 Å². The molecule has 78 valence electrons. The normalized spacial score (nSPS) is 12.2.